The Labute approximate surface area is 212 Å². The van der Waals surface area contributed by atoms with Crippen molar-refractivity contribution in [2.75, 3.05) is 24.7 Å². The molecule has 0 bridgehead atoms. The van der Waals surface area contributed by atoms with Crippen LogP contribution in [-0.2, 0) is 31.5 Å². The Kier molecular flexibility index (Phi) is 11.5. The lowest BCUT2D eigenvalue weighted by molar-refractivity contribution is -0.138. The molecule has 1 aliphatic rings. The third kappa shape index (κ3) is 9.12. The number of phenols is 1. The molecule has 2 atom stereocenters. The number of hydrogen-bond donors (Lipinski definition) is 3. The lowest BCUT2D eigenvalue weighted by Crippen LogP contribution is -2.26. The summed E-state index contributed by atoms with van der Waals surface area (Å²) in [4.78, 5) is 32.8. The van der Waals surface area contributed by atoms with E-state index in [2.05, 4.69) is 0 Å². The molecule has 196 valence electrons. The predicted octanol–water partition coefficient (Wildman–Crippen LogP) is 3.62. The molecule has 11 heteroatoms. The summed E-state index contributed by atoms with van der Waals surface area (Å²) in [5.41, 5.74) is 0.862. The van der Waals surface area contributed by atoms with E-state index < -0.39 is 27.7 Å². The number of carbonyl (C=O) groups is 3. The van der Waals surface area contributed by atoms with Gasteiger partial charge >= 0.3 is 11.9 Å². The minimum Gasteiger partial charge on any atom is -0.507 e. The number of aromatic hydroxyl groups is 1. The van der Waals surface area contributed by atoms with Gasteiger partial charge in [0.2, 0.25) is 0 Å². The first-order valence-electron chi connectivity index (χ1n) is 11.7. The van der Waals surface area contributed by atoms with Crippen LogP contribution >= 0.6 is 11.8 Å². The van der Waals surface area contributed by atoms with Crippen LogP contribution in [0, 0.1) is 0 Å². The number of phenolic OH excluding ortho intramolecular Hbond substituents is 1. The predicted molar refractivity (Wildman–Crippen MR) is 134 cm³/mol. The maximum Gasteiger partial charge on any atom is 0.303 e. The van der Waals surface area contributed by atoms with Gasteiger partial charge in [0.05, 0.1) is 18.8 Å². The number of benzene rings is 1. The van der Waals surface area contributed by atoms with Gasteiger partial charge in [0.25, 0.3) is 0 Å². The molecule has 3 N–H and O–H groups in total. The summed E-state index contributed by atoms with van der Waals surface area (Å²) in [5.74, 6) is -0.930. The monoisotopic (exact) mass is 530 g/mol. The van der Waals surface area contributed by atoms with E-state index >= 15 is 0 Å². The van der Waals surface area contributed by atoms with E-state index in [1.807, 2.05) is 6.92 Å². The van der Waals surface area contributed by atoms with Crippen LogP contribution in [0.1, 0.15) is 68.3 Å². The molecule has 0 spiro atoms. The minimum atomic E-state index is -1.16. The Morgan fingerprint density at radius 3 is 2.43 bits per heavy atom. The van der Waals surface area contributed by atoms with E-state index in [0.717, 1.165) is 6.42 Å². The zero-order chi connectivity index (χ0) is 26.0. The molecule has 2 unspecified atom stereocenters. The normalized spacial score (nSPS) is 17.7. The summed E-state index contributed by atoms with van der Waals surface area (Å²) < 4.78 is 24.3. The van der Waals surface area contributed by atoms with Gasteiger partial charge in [-0.05, 0) is 44.7 Å². The second-order valence-corrected chi connectivity index (χ2v) is 11.8. The van der Waals surface area contributed by atoms with Crippen molar-refractivity contribution in [3.8, 4) is 11.5 Å². The Morgan fingerprint density at radius 2 is 1.86 bits per heavy atom. The molecule has 9 nitrogen and oxygen atoms in total. The molecule has 0 aliphatic carbocycles. The number of thioether (sulfide) groups is 1. The fourth-order valence-electron chi connectivity index (χ4n) is 3.90. The Hall–Kier alpha value is -2.11. The lowest BCUT2D eigenvalue weighted by Gasteiger charge is -2.26. The number of rotatable bonds is 16. The van der Waals surface area contributed by atoms with Crippen LogP contribution < -0.4 is 4.74 Å². The molecule has 0 aromatic heterocycles. The second-order valence-electron chi connectivity index (χ2n) is 8.51. The van der Waals surface area contributed by atoms with Crippen LogP contribution in [0.4, 0.5) is 0 Å². The molecule has 1 heterocycles. The third-order valence-electron chi connectivity index (χ3n) is 5.62. The summed E-state index contributed by atoms with van der Waals surface area (Å²) in [6.45, 7) is 3.97. The van der Waals surface area contributed by atoms with E-state index in [1.54, 1.807) is 12.1 Å². The molecule has 1 aromatic carbocycles. The summed E-state index contributed by atoms with van der Waals surface area (Å²) in [6.07, 6.45) is 2.02. The summed E-state index contributed by atoms with van der Waals surface area (Å²) >= 11 is 1.39. The highest BCUT2D eigenvalue weighted by Crippen LogP contribution is 2.45. The van der Waals surface area contributed by atoms with Crippen LogP contribution in [0.15, 0.2) is 12.1 Å². The molecular formula is C24H34O9S2. The van der Waals surface area contributed by atoms with Gasteiger partial charge in [0.15, 0.2) is 5.78 Å². The van der Waals surface area contributed by atoms with Crippen molar-refractivity contribution in [2.45, 2.75) is 69.0 Å². The number of aliphatic carboxylic acids is 2. The fraction of sp³-hybridized carbons (Fsp3) is 0.625. The highest BCUT2D eigenvalue weighted by Gasteiger charge is 2.42. The zero-order valence-electron chi connectivity index (χ0n) is 20.1. The van der Waals surface area contributed by atoms with Crippen molar-refractivity contribution in [1.29, 1.82) is 0 Å². The van der Waals surface area contributed by atoms with Gasteiger partial charge < -0.3 is 24.8 Å². The van der Waals surface area contributed by atoms with Crippen molar-refractivity contribution in [3.63, 3.8) is 0 Å². The molecule has 1 fully saturated rings. The van der Waals surface area contributed by atoms with E-state index in [9.17, 15) is 23.7 Å². The average molecular weight is 531 g/mol. The number of carboxylic acid groups (broad SMARTS) is 2. The first-order valence-corrected chi connectivity index (χ1v) is 14.0. The number of carbonyl (C=O) groups excluding carboxylic acids is 1. The zero-order valence-corrected chi connectivity index (χ0v) is 21.8. The van der Waals surface area contributed by atoms with Crippen LogP contribution in [0.25, 0.3) is 0 Å². The van der Waals surface area contributed by atoms with Crippen molar-refractivity contribution in [3.05, 3.63) is 23.3 Å². The highest BCUT2D eigenvalue weighted by molar-refractivity contribution is 8.02. The van der Waals surface area contributed by atoms with Crippen LogP contribution in [-0.4, -0.2) is 72.2 Å². The van der Waals surface area contributed by atoms with Crippen LogP contribution in [0.3, 0.4) is 0 Å². The summed E-state index contributed by atoms with van der Waals surface area (Å²) in [5, 5.41) is 28.3. The van der Waals surface area contributed by atoms with Gasteiger partial charge in [0.1, 0.15) is 16.4 Å². The smallest absolute Gasteiger partial charge is 0.303 e. The molecule has 1 aliphatic heterocycles. The molecule has 0 saturated carbocycles. The maximum atomic E-state index is 12.6. The quantitative estimate of drug-likeness (QED) is 0.214. The van der Waals surface area contributed by atoms with Gasteiger partial charge in [-0.3, -0.25) is 18.6 Å². The molecule has 0 amide bonds. The van der Waals surface area contributed by atoms with Crippen LogP contribution in [0.5, 0.6) is 11.5 Å². The number of ketones is 1. The van der Waals surface area contributed by atoms with Crippen LogP contribution in [0.2, 0.25) is 0 Å². The number of carboxylic acids is 2. The maximum absolute atomic E-state index is 12.6. The molecule has 2 rings (SSSR count). The van der Waals surface area contributed by atoms with Crippen molar-refractivity contribution in [1.82, 2.24) is 0 Å². The van der Waals surface area contributed by atoms with Gasteiger partial charge in [-0.15, -0.1) is 11.8 Å². The van der Waals surface area contributed by atoms with Gasteiger partial charge in [-0.2, -0.15) is 0 Å². The third-order valence-corrected chi connectivity index (χ3v) is 8.94. The molecule has 1 aromatic rings. The molecule has 1 saturated heterocycles. The minimum absolute atomic E-state index is 0.0482. The molecule has 0 radical (unpaired) electrons. The Balaban J connectivity index is 1.85. The first kappa shape index (κ1) is 29.1. The number of ether oxygens (including phenoxy) is 2. The molecule has 35 heavy (non-hydrogen) atoms. The Bertz CT molecular complexity index is 914. The van der Waals surface area contributed by atoms with Gasteiger partial charge in [-0.1, -0.05) is 13.3 Å². The lowest BCUT2D eigenvalue weighted by atomic mass is 10.0. The van der Waals surface area contributed by atoms with Crippen molar-refractivity contribution >= 4 is 40.3 Å². The van der Waals surface area contributed by atoms with Crippen molar-refractivity contribution in [2.24, 2.45) is 0 Å². The number of hydrogen-bond acceptors (Lipinski definition) is 8. The second kappa shape index (κ2) is 13.8. The highest BCUT2D eigenvalue weighted by atomic mass is 32.2. The molecular weight excluding hydrogens is 496 g/mol. The number of Topliss-reactive ketones (excluding diaryl/α,β-unsaturated/α-hetero) is 1. The summed E-state index contributed by atoms with van der Waals surface area (Å²) in [7, 11) is -1.16. The fourth-order valence-corrected chi connectivity index (χ4v) is 7.07. The Morgan fingerprint density at radius 1 is 1.20 bits per heavy atom. The van der Waals surface area contributed by atoms with E-state index in [4.69, 9.17) is 19.7 Å². The SMILES string of the molecule is CCCc1c(OCCCS(=O)CC2COC(CCC(=O)O)(CCC(=O)O)S2)ccc(C(C)=O)c1O. The summed E-state index contributed by atoms with van der Waals surface area (Å²) in [6, 6.07) is 3.22. The van der Waals surface area contributed by atoms with E-state index in [-0.39, 0.29) is 48.0 Å². The van der Waals surface area contributed by atoms with Crippen molar-refractivity contribution < 1.29 is 43.4 Å². The van der Waals surface area contributed by atoms with E-state index in [0.29, 0.717) is 48.9 Å². The van der Waals surface area contributed by atoms with Gasteiger partial charge in [0, 0.05) is 46.0 Å². The topological polar surface area (TPSA) is 147 Å². The van der Waals surface area contributed by atoms with E-state index in [1.165, 1.54) is 18.7 Å². The van der Waals surface area contributed by atoms with Gasteiger partial charge in [-0.25, -0.2) is 0 Å². The first-order chi connectivity index (χ1) is 16.6. The standard InChI is InChI=1S/C24H34O9S2/c1-3-5-19-20(7-6-18(16(2)25)23(19)30)32-12-4-13-35(31)15-17-14-33-24(34-17,10-8-21(26)27)11-9-22(28)29/h6-7,17,30H,3-5,8-15H2,1-2H3,(H,26,27)(H,28,29). The average Bonchev–Trinajstić information content (AvgIpc) is 3.19. The largest absolute Gasteiger partial charge is 0.507 e.